The quantitative estimate of drug-likeness (QED) is 0.778. The molecule has 7 heteroatoms. The lowest BCUT2D eigenvalue weighted by atomic mass is 10.1. The second-order valence-corrected chi connectivity index (χ2v) is 5.23. The molecule has 0 atom stereocenters. The lowest BCUT2D eigenvalue weighted by Crippen LogP contribution is -2.26. The number of methoxy groups -OCH3 is 2. The first kappa shape index (κ1) is 17.1. The van der Waals surface area contributed by atoms with Gasteiger partial charge in [-0.3, -0.25) is 0 Å². The summed E-state index contributed by atoms with van der Waals surface area (Å²) in [6, 6.07) is 4.84. The van der Waals surface area contributed by atoms with E-state index < -0.39 is 11.9 Å². The zero-order chi connectivity index (χ0) is 17.0. The van der Waals surface area contributed by atoms with Crippen molar-refractivity contribution in [2.75, 3.05) is 19.1 Å². The SMILES string of the molecule is COC(=O)C1=C(C(=O)OC)N(c2ccc(Cl)c(Cl)c2)C=CC=C1. The van der Waals surface area contributed by atoms with Gasteiger partial charge in [-0.15, -0.1) is 0 Å². The molecule has 0 N–H and O–H groups in total. The van der Waals surface area contributed by atoms with Crippen LogP contribution in [0.3, 0.4) is 0 Å². The van der Waals surface area contributed by atoms with Crippen LogP contribution >= 0.6 is 23.2 Å². The number of carbonyl (C=O) groups is 2. The third-order valence-corrected chi connectivity index (χ3v) is 3.81. The van der Waals surface area contributed by atoms with Crippen LogP contribution in [0.5, 0.6) is 0 Å². The number of halogens is 2. The Bertz CT molecular complexity index is 738. The second-order valence-electron chi connectivity index (χ2n) is 4.41. The van der Waals surface area contributed by atoms with Crippen LogP contribution in [-0.2, 0) is 19.1 Å². The molecule has 0 saturated carbocycles. The number of anilines is 1. The van der Waals surface area contributed by atoms with Crippen molar-refractivity contribution < 1.29 is 19.1 Å². The molecule has 0 amide bonds. The molecule has 1 aromatic rings. The highest BCUT2D eigenvalue weighted by molar-refractivity contribution is 6.42. The molecule has 2 rings (SSSR count). The average molecular weight is 354 g/mol. The fraction of sp³-hybridized carbons (Fsp3) is 0.125. The van der Waals surface area contributed by atoms with Gasteiger partial charge in [-0.1, -0.05) is 29.3 Å². The highest BCUT2D eigenvalue weighted by Gasteiger charge is 2.27. The topological polar surface area (TPSA) is 55.8 Å². The maximum Gasteiger partial charge on any atom is 0.355 e. The summed E-state index contributed by atoms with van der Waals surface area (Å²) >= 11 is 12.0. The Balaban J connectivity index is 2.65. The van der Waals surface area contributed by atoms with Gasteiger partial charge < -0.3 is 14.4 Å². The summed E-state index contributed by atoms with van der Waals surface area (Å²) < 4.78 is 9.54. The summed E-state index contributed by atoms with van der Waals surface area (Å²) in [5, 5.41) is 0.697. The monoisotopic (exact) mass is 353 g/mol. The number of rotatable bonds is 3. The van der Waals surface area contributed by atoms with E-state index in [1.165, 1.54) is 25.2 Å². The van der Waals surface area contributed by atoms with Crippen LogP contribution in [0, 0.1) is 0 Å². The molecular weight excluding hydrogens is 341 g/mol. The van der Waals surface area contributed by atoms with Crippen LogP contribution in [0.1, 0.15) is 0 Å². The van der Waals surface area contributed by atoms with Gasteiger partial charge in [0.2, 0.25) is 0 Å². The minimum Gasteiger partial charge on any atom is -0.465 e. The van der Waals surface area contributed by atoms with Crippen molar-refractivity contribution in [1.29, 1.82) is 0 Å². The smallest absolute Gasteiger partial charge is 0.355 e. The molecule has 5 nitrogen and oxygen atoms in total. The maximum absolute atomic E-state index is 12.2. The number of esters is 2. The molecule has 0 saturated heterocycles. The molecule has 1 aromatic carbocycles. The molecule has 0 bridgehead atoms. The molecule has 0 spiro atoms. The number of hydrogen-bond acceptors (Lipinski definition) is 5. The number of allylic oxidation sites excluding steroid dienone is 2. The zero-order valence-electron chi connectivity index (χ0n) is 12.4. The second kappa shape index (κ2) is 7.35. The van der Waals surface area contributed by atoms with E-state index in [2.05, 4.69) is 0 Å². The van der Waals surface area contributed by atoms with E-state index in [4.69, 9.17) is 32.7 Å². The third-order valence-electron chi connectivity index (χ3n) is 3.07. The van der Waals surface area contributed by atoms with Crippen LogP contribution in [0.2, 0.25) is 10.0 Å². The van der Waals surface area contributed by atoms with Crippen molar-refractivity contribution in [3.05, 3.63) is 63.9 Å². The van der Waals surface area contributed by atoms with Gasteiger partial charge in [0.05, 0.1) is 29.8 Å². The van der Waals surface area contributed by atoms with Gasteiger partial charge in [-0.2, -0.15) is 0 Å². The Morgan fingerprint density at radius 2 is 1.70 bits per heavy atom. The van der Waals surface area contributed by atoms with E-state index >= 15 is 0 Å². The first-order valence-electron chi connectivity index (χ1n) is 6.49. The highest BCUT2D eigenvalue weighted by Crippen LogP contribution is 2.31. The summed E-state index contributed by atoms with van der Waals surface area (Å²) in [4.78, 5) is 25.7. The first-order chi connectivity index (χ1) is 11.0. The van der Waals surface area contributed by atoms with Gasteiger partial charge in [0.25, 0.3) is 0 Å². The lowest BCUT2D eigenvalue weighted by molar-refractivity contribution is -0.139. The number of benzene rings is 1. The summed E-state index contributed by atoms with van der Waals surface area (Å²) in [6.45, 7) is 0. The molecule has 23 heavy (non-hydrogen) atoms. The number of nitrogens with zero attached hydrogens (tertiary/aromatic N) is 1. The van der Waals surface area contributed by atoms with Crippen LogP contribution in [0.15, 0.2) is 53.9 Å². The van der Waals surface area contributed by atoms with Gasteiger partial charge in [0, 0.05) is 11.9 Å². The minimum absolute atomic E-state index is 0.0164. The molecule has 1 aliphatic heterocycles. The molecule has 120 valence electrons. The first-order valence-corrected chi connectivity index (χ1v) is 7.25. The summed E-state index contributed by atoms with van der Waals surface area (Å²) in [5.41, 5.74) is 0.624. The highest BCUT2D eigenvalue weighted by atomic mass is 35.5. The van der Waals surface area contributed by atoms with E-state index in [0.29, 0.717) is 15.7 Å². The van der Waals surface area contributed by atoms with E-state index in [1.807, 2.05) is 0 Å². The van der Waals surface area contributed by atoms with Crippen LogP contribution in [-0.4, -0.2) is 26.2 Å². The average Bonchev–Trinajstić information content (AvgIpc) is 2.78. The predicted octanol–water partition coefficient (Wildman–Crippen LogP) is 3.48. The lowest BCUT2D eigenvalue weighted by Gasteiger charge is -2.23. The van der Waals surface area contributed by atoms with Crippen molar-refractivity contribution in [3.63, 3.8) is 0 Å². The summed E-state index contributed by atoms with van der Waals surface area (Å²) in [5.74, 6) is -1.34. The minimum atomic E-state index is -0.687. The Labute approximate surface area is 143 Å². The van der Waals surface area contributed by atoms with Crippen molar-refractivity contribution in [1.82, 2.24) is 0 Å². The molecule has 1 heterocycles. The summed E-state index contributed by atoms with van der Waals surface area (Å²) in [7, 11) is 2.47. The molecular formula is C16H13Cl2NO4. The maximum atomic E-state index is 12.2. The number of hydrogen-bond donors (Lipinski definition) is 0. The number of carbonyl (C=O) groups excluding carboxylic acids is 2. The van der Waals surface area contributed by atoms with Crippen LogP contribution in [0.4, 0.5) is 5.69 Å². The molecule has 0 unspecified atom stereocenters. The van der Waals surface area contributed by atoms with Crippen LogP contribution < -0.4 is 4.90 Å². The van der Waals surface area contributed by atoms with Crippen molar-refractivity contribution in [3.8, 4) is 0 Å². The standard InChI is InChI=1S/C16H13Cl2NO4/c1-22-15(20)11-5-3-4-8-19(14(11)16(21)23-2)10-6-7-12(17)13(18)9-10/h3-9H,1-2H3. The molecule has 0 radical (unpaired) electrons. The Kier molecular flexibility index (Phi) is 5.47. The van der Waals surface area contributed by atoms with Gasteiger partial charge in [-0.05, 0) is 30.4 Å². The predicted molar refractivity (Wildman–Crippen MR) is 88.3 cm³/mol. The van der Waals surface area contributed by atoms with E-state index in [1.54, 1.807) is 36.6 Å². The third kappa shape index (κ3) is 3.57. The van der Waals surface area contributed by atoms with Crippen molar-refractivity contribution in [2.45, 2.75) is 0 Å². The Hall–Kier alpha value is -2.24. The molecule has 0 aliphatic carbocycles. The van der Waals surface area contributed by atoms with E-state index in [9.17, 15) is 9.59 Å². The fourth-order valence-electron chi connectivity index (χ4n) is 2.00. The zero-order valence-corrected chi connectivity index (χ0v) is 13.9. The van der Waals surface area contributed by atoms with Gasteiger partial charge >= 0.3 is 11.9 Å². The Morgan fingerprint density at radius 3 is 2.30 bits per heavy atom. The largest absolute Gasteiger partial charge is 0.465 e. The van der Waals surface area contributed by atoms with Crippen LogP contribution in [0.25, 0.3) is 0 Å². The van der Waals surface area contributed by atoms with E-state index in [-0.39, 0.29) is 11.3 Å². The van der Waals surface area contributed by atoms with Crippen molar-refractivity contribution in [2.24, 2.45) is 0 Å². The summed E-state index contributed by atoms with van der Waals surface area (Å²) in [6.07, 6.45) is 6.37. The molecule has 0 fully saturated rings. The van der Waals surface area contributed by atoms with Crippen molar-refractivity contribution >= 4 is 40.8 Å². The van der Waals surface area contributed by atoms with Gasteiger partial charge in [-0.25, -0.2) is 9.59 Å². The molecule has 1 aliphatic rings. The normalized spacial score (nSPS) is 13.8. The van der Waals surface area contributed by atoms with Gasteiger partial charge in [0.1, 0.15) is 5.70 Å². The fourth-order valence-corrected chi connectivity index (χ4v) is 2.29. The number of ether oxygens (including phenoxy) is 2. The molecule has 0 aromatic heterocycles. The Morgan fingerprint density at radius 1 is 1.00 bits per heavy atom. The van der Waals surface area contributed by atoms with Gasteiger partial charge in [0.15, 0.2) is 0 Å². The van der Waals surface area contributed by atoms with E-state index in [0.717, 1.165) is 0 Å².